The van der Waals surface area contributed by atoms with Crippen LogP contribution in [-0.2, 0) is 6.54 Å². The number of aromatic nitrogens is 3. The zero-order valence-electron chi connectivity index (χ0n) is 10.8. The summed E-state index contributed by atoms with van der Waals surface area (Å²) >= 11 is 0. The van der Waals surface area contributed by atoms with E-state index in [1.54, 1.807) is 10.9 Å². The van der Waals surface area contributed by atoms with E-state index < -0.39 is 6.67 Å². The van der Waals surface area contributed by atoms with Crippen molar-refractivity contribution in [2.45, 2.75) is 19.4 Å². The van der Waals surface area contributed by atoms with Gasteiger partial charge >= 0.3 is 0 Å². The Balaban J connectivity index is 1.77. The van der Waals surface area contributed by atoms with Crippen molar-refractivity contribution in [3.8, 4) is 11.1 Å². The minimum Gasteiger partial charge on any atom is -0.357 e. The Bertz CT molecular complexity index is 529. The SMILES string of the molecule is FCCn1cc(-c2ccc(N3CCCC3)nc2)cn1. The van der Waals surface area contributed by atoms with Crippen molar-refractivity contribution in [1.82, 2.24) is 14.8 Å². The third-order valence-electron chi connectivity index (χ3n) is 3.46. The van der Waals surface area contributed by atoms with E-state index in [4.69, 9.17) is 0 Å². The topological polar surface area (TPSA) is 34.0 Å². The van der Waals surface area contributed by atoms with Gasteiger partial charge < -0.3 is 4.90 Å². The quantitative estimate of drug-likeness (QED) is 0.847. The van der Waals surface area contributed by atoms with E-state index in [0.29, 0.717) is 6.54 Å². The molecule has 1 aliphatic rings. The molecule has 3 heterocycles. The van der Waals surface area contributed by atoms with Gasteiger partial charge in [0, 0.05) is 36.6 Å². The normalized spacial score (nSPS) is 15.1. The lowest BCUT2D eigenvalue weighted by atomic mass is 10.2. The van der Waals surface area contributed by atoms with Crippen LogP contribution >= 0.6 is 0 Å². The van der Waals surface area contributed by atoms with Gasteiger partial charge in [-0.05, 0) is 25.0 Å². The minimum atomic E-state index is -0.396. The molecule has 0 spiro atoms. The van der Waals surface area contributed by atoms with Crippen LogP contribution in [0.15, 0.2) is 30.7 Å². The molecule has 1 aliphatic heterocycles. The van der Waals surface area contributed by atoms with Crippen LogP contribution in [0.3, 0.4) is 0 Å². The number of anilines is 1. The molecule has 0 aliphatic carbocycles. The Morgan fingerprint density at radius 1 is 1.11 bits per heavy atom. The van der Waals surface area contributed by atoms with Gasteiger partial charge in [0.05, 0.1) is 12.7 Å². The van der Waals surface area contributed by atoms with E-state index in [0.717, 1.165) is 30.0 Å². The van der Waals surface area contributed by atoms with Crippen molar-refractivity contribution in [2.24, 2.45) is 0 Å². The Labute approximate surface area is 111 Å². The van der Waals surface area contributed by atoms with E-state index >= 15 is 0 Å². The second-order valence-electron chi connectivity index (χ2n) is 4.78. The average Bonchev–Trinajstić information content (AvgIpc) is 3.10. The summed E-state index contributed by atoms with van der Waals surface area (Å²) in [6.07, 6.45) is 7.97. The fourth-order valence-electron chi connectivity index (χ4n) is 2.41. The summed E-state index contributed by atoms with van der Waals surface area (Å²) in [5, 5.41) is 4.12. The molecule has 5 heteroatoms. The van der Waals surface area contributed by atoms with Gasteiger partial charge in [-0.1, -0.05) is 0 Å². The van der Waals surface area contributed by atoms with Crippen LogP contribution in [0.5, 0.6) is 0 Å². The molecular formula is C14H17FN4. The molecule has 19 heavy (non-hydrogen) atoms. The number of rotatable bonds is 4. The fraction of sp³-hybridized carbons (Fsp3) is 0.429. The predicted octanol–water partition coefficient (Wildman–Crippen LogP) is 2.51. The highest BCUT2D eigenvalue weighted by atomic mass is 19.1. The van der Waals surface area contributed by atoms with Crippen LogP contribution < -0.4 is 4.90 Å². The van der Waals surface area contributed by atoms with Gasteiger partial charge in [0.15, 0.2) is 0 Å². The van der Waals surface area contributed by atoms with Crippen molar-refractivity contribution in [3.05, 3.63) is 30.7 Å². The zero-order chi connectivity index (χ0) is 13.1. The Morgan fingerprint density at radius 3 is 2.63 bits per heavy atom. The summed E-state index contributed by atoms with van der Waals surface area (Å²) in [6.45, 7) is 2.11. The van der Waals surface area contributed by atoms with Gasteiger partial charge in [-0.3, -0.25) is 4.68 Å². The van der Waals surface area contributed by atoms with Gasteiger partial charge in [0.25, 0.3) is 0 Å². The van der Waals surface area contributed by atoms with E-state index in [1.807, 2.05) is 18.5 Å². The summed E-state index contributed by atoms with van der Waals surface area (Å²) in [7, 11) is 0. The third kappa shape index (κ3) is 2.59. The summed E-state index contributed by atoms with van der Waals surface area (Å²) in [5.41, 5.74) is 2.00. The van der Waals surface area contributed by atoms with Crippen LogP contribution in [-0.4, -0.2) is 34.5 Å². The molecule has 0 atom stereocenters. The van der Waals surface area contributed by atoms with Crippen LogP contribution in [0, 0.1) is 0 Å². The second kappa shape index (κ2) is 5.38. The molecule has 100 valence electrons. The number of aryl methyl sites for hydroxylation is 1. The molecule has 0 aromatic carbocycles. The van der Waals surface area contributed by atoms with Gasteiger partial charge in [0.1, 0.15) is 12.5 Å². The lowest BCUT2D eigenvalue weighted by Gasteiger charge is -2.15. The Morgan fingerprint density at radius 2 is 1.95 bits per heavy atom. The largest absolute Gasteiger partial charge is 0.357 e. The zero-order valence-corrected chi connectivity index (χ0v) is 10.8. The first kappa shape index (κ1) is 12.1. The summed E-state index contributed by atoms with van der Waals surface area (Å²) in [4.78, 5) is 6.81. The Kier molecular flexibility index (Phi) is 3.44. The maximum atomic E-state index is 12.2. The maximum absolute atomic E-state index is 12.2. The van der Waals surface area contributed by atoms with E-state index in [1.165, 1.54) is 12.8 Å². The molecule has 0 N–H and O–H groups in total. The molecule has 2 aromatic heterocycles. The number of nitrogens with zero attached hydrogens (tertiary/aromatic N) is 4. The monoisotopic (exact) mass is 260 g/mol. The van der Waals surface area contributed by atoms with Crippen molar-refractivity contribution in [3.63, 3.8) is 0 Å². The Hall–Kier alpha value is -1.91. The molecule has 1 fully saturated rings. The molecule has 0 unspecified atom stereocenters. The number of alkyl halides is 1. The van der Waals surface area contributed by atoms with Crippen molar-refractivity contribution < 1.29 is 4.39 Å². The standard InChI is InChI=1S/C14H17FN4/c15-5-8-19-11-13(10-17-19)12-3-4-14(16-9-12)18-6-1-2-7-18/h3-4,9-11H,1-2,5-8H2. The van der Waals surface area contributed by atoms with Crippen molar-refractivity contribution in [2.75, 3.05) is 24.7 Å². The number of pyridine rings is 1. The van der Waals surface area contributed by atoms with E-state index in [9.17, 15) is 4.39 Å². The highest BCUT2D eigenvalue weighted by molar-refractivity contribution is 5.62. The second-order valence-corrected chi connectivity index (χ2v) is 4.78. The van der Waals surface area contributed by atoms with Crippen LogP contribution in [0.25, 0.3) is 11.1 Å². The van der Waals surface area contributed by atoms with Crippen LogP contribution in [0.4, 0.5) is 10.2 Å². The average molecular weight is 260 g/mol. The molecule has 3 rings (SSSR count). The van der Waals surface area contributed by atoms with Crippen LogP contribution in [0.2, 0.25) is 0 Å². The molecular weight excluding hydrogens is 243 g/mol. The predicted molar refractivity (Wildman–Crippen MR) is 72.9 cm³/mol. The minimum absolute atomic E-state index is 0.305. The maximum Gasteiger partial charge on any atom is 0.128 e. The van der Waals surface area contributed by atoms with E-state index in [-0.39, 0.29) is 0 Å². The fourth-order valence-corrected chi connectivity index (χ4v) is 2.41. The van der Waals surface area contributed by atoms with Crippen LogP contribution in [0.1, 0.15) is 12.8 Å². The van der Waals surface area contributed by atoms with Gasteiger partial charge in [0.2, 0.25) is 0 Å². The summed E-state index contributed by atoms with van der Waals surface area (Å²) < 4.78 is 13.9. The molecule has 0 saturated carbocycles. The first-order valence-corrected chi connectivity index (χ1v) is 6.66. The lowest BCUT2D eigenvalue weighted by molar-refractivity contribution is 0.427. The molecule has 0 radical (unpaired) electrons. The number of halogens is 1. The molecule has 4 nitrogen and oxygen atoms in total. The highest BCUT2D eigenvalue weighted by Gasteiger charge is 2.13. The first-order valence-electron chi connectivity index (χ1n) is 6.66. The number of hydrogen-bond donors (Lipinski definition) is 0. The highest BCUT2D eigenvalue weighted by Crippen LogP contribution is 2.22. The molecule has 0 amide bonds. The number of hydrogen-bond acceptors (Lipinski definition) is 3. The van der Waals surface area contributed by atoms with Crippen molar-refractivity contribution >= 4 is 5.82 Å². The lowest BCUT2D eigenvalue weighted by Crippen LogP contribution is -2.18. The summed E-state index contributed by atoms with van der Waals surface area (Å²) in [5.74, 6) is 1.04. The van der Waals surface area contributed by atoms with E-state index in [2.05, 4.69) is 21.0 Å². The van der Waals surface area contributed by atoms with Gasteiger partial charge in [-0.25, -0.2) is 9.37 Å². The smallest absolute Gasteiger partial charge is 0.128 e. The molecule has 0 bridgehead atoms. The summed E-state index contributed by atoms with van der Waals surface area (Å²) in [6, 6.07) is 4.10. The van der Waals surface area contributed by atoms with Crippen molar-refractivity contribution in [1.29, 1.82) is 0 Å². The third-order valence-corrected chi connectivity index (χ3v) is 3.46. The molecule has 1 saturated heterocycles. The van der Waals surface area contributed by atoms with Gasteiger partial charge in [-0.15, -0.1) is 0 Å². The van der Waals surface area contributed by atoms with Gasteiger partial charge in [-0.2, -0.15) is 5.10 Å². The molecule has 2 aromatic rings. The first-order chi connectivity index (χ1) is 9.36.